The Morgan fingerprint density at radius 1 is 1.28 bits per heavy atom. The minimum atomic E-state index is -0.606. The number of rotatable bonds is 9. The van der Waals surface area contributed by atoms with Crippen molar-refractivity contribution in [2.24, 2.45) is 0 Å². The van der Waals surface area contributed by atoms with E-state index in [0.29, 0.717) is 28.0 Å². The average molecular weight is 473 g/mol. The molecule has 0 fully saturated rings. The molecular formula is C22H21ClN4O4S. The summed E-state index contributed by atoms with van der Waals surface area (Å²) in [6.07, 6.45) is 5.26. The highest BCUT2D eigenvalue weighted by Gasteiger charge is 2.26. The predicted molar refractivity (Wildman–Crippen MR) is 124 cm³/mol. The molecule has 0 amide bonds. The number of methoxy groups -OCH3 is 1. The van der Waals surface area contributed by atoms with E-state index in [2.05, 4.69) is 16.1 Å². The first kappa shape index (κ1) is 23.4. The van der Waals surface area contributed by atoms with Gasteiger partial charge in [-0.2, -0.15) is 0 Å². The molecule has 0 radical (unpaired) electrons. The van der Waals surface area contributed by atoms with Gasteiger partial charge in [0.1, 0.15) is 17.7 Å². The monoisotopic (exact) mass is 472 g/mol. The summed E-state index contributed by atoms with van der Waals surface area (Å²) in [5.41, 5.74) is 2.58. The first-order chi connectivity index (χ1) is 15.3. The van der Waals surface area contributed by atoms with Crippen LogP contribution in [0.2, 0.25) is 5.02 Å². The van der Waals surface area contributed by atoms with Crippen LogP contribution in [-0.4, -0.2) is 39.9 Å². The third kappa shape index (κ3) is 5.33. The molecule has 0 aliphatic carbocycles. The maximum absolute atomic E-state index is 11.5. The summed E-state index contributed by atoms with van der Waals surface area (Å²) in [4.78, 5) is 11.1. The van der Waals surface area contributed by atoms with Crippen LogP contribution in [0, 0.1) is 36.3 Å². The molecule has 0 saturated heterocycles. The number of hydrogen-bond acceptors (Lipinski definition) is 7. The Bertz CT molecular complexity index is 1160. The molecule has 0 bridgehead atoms. The molecule has 0 unspecified atom stereocenters. The fourth-order valence-corrected chi connectivity index (χ4v) is 4.49. The predicted octanol–water partition coefficient (Wildman–Crippen LogP) is 4.67. The van der Waals surface area contributed by atoms with Crippen molar-refractivity contribution in [1.82, 2.24) is 14.8 Å². The van der Waals surface area contributed by atoms with Gasteiger partial charge in [-0.3, -0.25) is 14.7 Å². The average Bonchev–Trinajstić information content (AvgIpc) is 3.12. The lowest BCUT2D eigenvalue weighted by atomic mass is 10.1. The number of ether oxygens (including phenoxy) is 2. The zero-order valence-electron chi connectivity index (χ0n) is 17.7. The lowest BCUT2D eigenvalue weighted by Crippen LogP contribution is -2.12. The summed E-state index contributed by atoms with van der Waals surface area (Å²) < 4.78 is 12.7. The van der Waals surface area contributed by atoms with Crippen molar-refractivity contribution in [1.29, 1.82) is 0 Å². The summed E-state index contributed by atoms with van der Waals surface area (Å²) in [6.45, 7) is 3.49. The van der Waals surface area contributed by atoms with Crippen LogP contribution in [0.3, 0.4) is 0 Å². The molecule has 3 rings (SSSR count). The van der Waals surface area contributed by atoms with Crippen molar-refractivity contribution in [3.05, 3.63) is 68.5 Å². The lowest BCUT2D eigenvalue weighted by Gasteiger charge is -2.17. The molecule has 1 aromatic heterocycles. The van der Waals surface area contributed by atoms with Crippen LogP contribution in [0.1, 0.15) is 22.2 Å². The molecule has 1 heterocycles. The van der Waals surface area contributed by atoms with Gasteiger partial charge in [0.05, 0.1) is 12.1 Å². The van der Waals surface area contributed by atoms with Crippen molar-refractivity contribution < 1.29 is 14.4 Å². The standard InChI is InChI=1S/C22H21ClN4O4S/c1-5-10-31-21-18(23)11-16(12-19(21)30-4)20(13-26(28)29)32-22-25-24-15(3)27(22)17-8-6-14(2)7-9-17/h1,6-9,11-12,20H,10,13H2,2-4H3/t20-/m0/s1. The number of terminal acetylenes is 1. The first-order valence-electron chi connectivity index (χ1n) is 9.55. The Morgan fingerprint density at radius 3 is 2.62 bits per heavy atom. The lowest BCUT2D eigenvalue weighted by molar-refractivity contribution is -0.479. The van der Waals surface area contributed by atoms with Gasteiger partial charge in [0.25, 0.3) is 0 Å². The van der Waals surface area contributed by atoms with Crippen molar-refractivity contribution in [3.63, 3.8) is 0 Å². The number of hydrogen-bond donors (Lipinski definition) is 0. The van der Waals surface area contributed by atoms with Crippen LogP contribution >= 0.6 is 23.4 Å². The van der Waals surface area contributed by atoms with Gasteiger partial charge in [0.2, 0.25) is 6.54 Å². The second-order valence-corrected chi connectivity index (χ2v) is 8.43. The Morgan fingerprint density at radius 2 is 2.00 bits per heavy atom. The highest BCUT2D eigenvalue weighted by Crippen LogP contribution is 2.43. The number of benzene rings is 2. The van der Waals surface area contributed by atoms with E-state index in [-0.39, 0.29) is 23.1 Å². The molecule has 0 N–H and O–H groups in total. The van der Waals surface area contributed by atoms with Gasteiger partial charge >= 0.3 is 0 Å². The Labute approximate surface area is 195 Å². The normalized spacial score (nSPS) is 11.6. The second kappa shape index (κ2) is 10.4. The molecule has 8 nitrogen and oxygen atoms in total. The van der Waals surface area contributed by atoms with Crippen molar-refractivity contribution >= 4 is 23.4 Å². The maximum atomic E-state index is 11.5. The van der Waals surface area contributed by atoms with Crippen molar-refractivity contribution in [3.8, 4) is 29.5 Å². The number of aromatic nitrogens is 3. The summed E-state index contributed by atoms with van der Waals surface area (Å²) >= 11 is 7.62. The minimum Gasteiger partial charge on any atom is -0.493 e. The number of nitro groups is 1. The fourth-order valence-electron chi connectivity index (χ4n) is 3.06. The van der Waals surface area contributed by atoms with Crippen molar-refractivity contribution in [2.75, 3.05) is 20.3 Å². The van der Waals surface area contributed by atoms with Gasteiger partial charge in [0.15, 0.2) is 16.7 Å². The summed E-state index contributed by atoms with van der Waals surface area (Å²) in [6, 6.07) is 11.2. The number of halogens is 1. The highest BCUT2D eigenvalue weighted by molar-refractivity contribution is 7.99. The quantitative estimate of drug-likeness (QED) is 0.193. The van der Waals surface area contributed by atoms with Crippen molar-refractivity contribution in [2.45, 2.75) is 24.3 Å². The zero-order chi connectivity index (χ0) is 23.3. The summed E-state index contributed by atoms with van der Waals surface area (Å²) in [7, 11) is 1.46. The van der Waals surface area contributed by atoms with Crippen LogP contribution in [-0.2, 0) is 0 Å². The molecule has 2 aromatic carbocycles. The van der Waals surface area contributed by atoms with E-state index < -0.39 is 5.25 Å². The van der Waals surface area contributed by atoms with E-state index >= 15 is 0 Å². The van der Waals surface area contributed by atoms with E-state index in [1.54, 1.807) is 12.1 Å². The van der Waals surface area contributed by atoms with Gasteiger partial charge in [-0.1, -0.05) is 47.0 Å². The SMILES string of the molecule is C#CCOc1c(Cl)cc([C@H](C[N+](=O)[O-])Sc2nnc(C)n2-c2ccc(C)cc2)cc1OC. The number of thioether (sulfide) groups is 1. The molecule has 166 valence electrons. The van der Waals surface area contributed by atoms with E-state index in [1.807, 2.05) is 42.7 Å². The first-order valence-corrected chi connectivity index (χ1v) is 10.8. The molecule has 10 heteroatoms. The summed E-state index contributed by atoms with van der Waals surface area (Å²) in [5, 5.41) is 20.1. The van der Waals surface area contributed by atoms with E-state index in [0.717, 1.165) is 11.3 Å². The van der Waals surface area contributed by atoms with Crippen LogP contribution < -0.4 is 9.47 Å². The third-order valence-corrected chi connectivity index (χ3v) is 6.03. The van der Waals surface area contributed by atoms with Crippen LogP contribution in [0.15, 0.2) is 41.6 Å². The fraction of sp³-hybridized carbons (Fsp3) is 0.273. The topological polar surface area (TPSA) is 92.3 Å². The molecule has 0 aliphatic heterocycles. The Balaban J connectivity index is 2.01. The van der Waals surface area contributed by atoms with Crippen LogP contribution in [0.4, 0.5) is 0 Å². The van der Waals surface area contributed by atoms with Gasteiger partial charge in [-0.05, 0) is 43.7 Å². The van der Waals surface area contributed by atoms with Crippen LogP contribution in [0.25, 0.3) is 5.69 Å². The molecule has 1 atom stereocenters. The van der Waals surface area contributed by atoms with Gasteiger partial charge < -0.3 is 9.47 Å². The second-order valence-electron chi connectivity index (χ2n) is 6.85. The largest absolute Gasteiger partial charge is 0.493 e. The molecule has 0 spiro atoms. The number of aryl methyl sites for hydroxylation is 2. The van der Waals surface area contributed by atoms with Gasteiger partial charge in [0, 0.05) is 10.6 Å². The third-order valence-electron chi connectivity index (χ3n) is 4.57. The van der Waals surface area contributed by atoms with Crippen LogP contribution in [0.5, 0.6) is 11.5 Å². The molecule has 3 aromatic rings. The Hall–Kier alpha value is -3.22. The Kier molecular flexibility index (Phi) is 7.62. The van der Waals surface area contributed by atoms with E-state index in [9.17, 15) is 10.1 Å². The summed E-state index contributed by atoms with van der Waals surface area (Å²) in [5.74, 6) is 3.67. The smallest absolute Gasteiger partial charge is 0.220 e. The molecule has 0 aliphatic rings. The zero-order valence-corrected chi connectivity index (χ0v) is 19.3. The van der Waals surface area contributed by atoms with E-state index in [4.69, 9.17) is 27.5 Å². The molecular weight excluding hydrogens is 452 g/mol. The number of nitrogens with zero attached hydrogens (tertiary/aromatic N) is 4. The highest BCUT2D eigenvalue weighted by atomic mass is 35.5. The molecule has 32 heavy (non-hydrogen) atoms. The van der Waals surface area contributed by atoms with Gasteiger partial charge in [-0.25, -0.2) is 0 Å². The van der Waals surface area contributed by atoms with Gasteiger partial charge in [-0.15, -0.1) is 16.6 Å². The minimum absolute atomic E-state index is 0.0153. The molecule has 0 saturated carbocycles. The van der Waals surface area contributed by atoms with E-state index in [1.165, 1.54) is 18.9 Å². The maximum Gasteiger partial charge on any atom is 0.220 e.